The highest BCUT2D eigenvalue weighted by Crippen LogP contribution is 2.43. The van der Waals surface area contributed by atoms with Gasteiger partial charge in [-0.1, -0.05) is 24.3 Å². The van der Waals surface area contributed by atoms with E-state index >= 15 is 0 Å². The highest BCUT2D eigenvalue weighted by Gasteiger charge is 2.25. The van der Waals surface area contributed by atoms with Gasteiger partial charge in [-0.2, -0.15) is 0 Å². The van der Waals surface area contributed by atoms with Crippen molar-refractivity contribution in [3.8, 4) is 11.5 Å². The molecule has 0 aliphatic carbocycles. The number of rotatable bonds is 1. The molecule has 5 aromatic rings. The molecule has 26 heavy (non-hydrogen) atoms. The Hall–Kier alpha value is -3.67. The van der Waals surface area contributed by atoms with Gasteiger partial charge < -0.3 is 14.3 Å². The minimum absolute atomic E-state index is 0.121. The quantitative estimate of drug-likeness (QED) is 0.217. The Balaban J connectivity index is 2.35. The molecule has 0 aliphatic heterocycles. The molecule has 0 atom stereocenters. The van der Waals surface area contributed by atoms with E-state index in [1.165, 1.54) is 25.3 Å². The highest BCUT2D eigenvalue weighted by atomic mass is 16.5. The largest absolute Gasteiger partial charge is 0.506 e. The summed E-state index contributed by atoms with van der Waals surface area (Å²) in [5, 5.41) is 12.2. The van der Waals surface area contributed by atoms with E-state index in [4.69, 9.17) is 9.15 Å². The maximum Gasteiger partial charge on any atom is 0.344 e. The molecule has 0 amide bonds. The molecular formula is C20H10O6. The number of methoxy groups -OCH3 is 1. The second-order valence-electron chi connectivity index (χ2n) is 6.09. The Morgan fingerprint density at radius 3 is 2.27 bits per heavy atom. The summed E-state index contributed by atoms with van der Waals surface area (Å²) in [6.07, 6.45) is 0. The molecule has 0 fully saturated rings. The third-order valence-corrected chi connectivity index (χ3v) is 4.85. The Morgan fingerprint density at radius 1 is 0.808 bits per heavy atom. The van der Waals surface area contributed by atoms with Gasteiger partial charge in [-0.05, 0) is 12.1 Å². The zero-order valence-corrected chi connectivity index (χ0v) is 13.5. The van der Waals surface area contributed by atoms with Crippen LogP contribution in [-0.2, 0) is 0 Å². The van der Waals surface area contributed by atoms with E-state index in [1.54, 1.807) is 18.2 Å². The summed E-state index contributed by atoms with van der Waals surface area (Å²) in [5.74, 6) is 0.0584. The maximum atomic E-state index is 12.7. The lowest BCUT2D eigenvalue weighted by Gasteiger charge is -2.14. The summed E-state index contributed by atoms with van der Waals surface area (Å²) in [6.45, 7) is 0. The van der Waals surface area contributed by atoms with E-state index in [9.17, 15) is 19.5 Å². The van der Waals surface area contributed by atoms with Crippen LogP contribution in [0, 0.1) is 0 Å². The first-order valence-corrected chi connectivity index (χ1v) is 7.84. The van der Waals surface area contributed by atoms with Crippen LogP contribution in [0.5, 0.6) is 11.5 Å². The first-order valence-electron chi connectivity index (χ1n) is 7.84. The van der Waals surface area contributed by atoms with Gasteiger partial charge in [0.1, 0.15) is 11.5 Å². The minimum Gasteiger partial charge on any atom is -0.506 e. The van der Waals surface area contributed by atoms with Crippen molar-refractivity contribution in [1.82, 2.24) is 0 Å². The molecule has 1 heterocycles. The van der Waals surface area contributed by atoms with Crippen LogP contribution in [0.3, 0.4) is 0 Å². The maximum absolute atomic E-state index is 12.7. The smallest absolute Gasteiger partial charge is 0.344 e. The van der Waals surface area contributed by atoms with E-state index in [-0.39, 0.29) is 38.3 Å². The van der Waals surface area contributed by atoms with E-state index in [0.29, 0.717) is 16.5 Å². The molecule has 0 unspecified atom stereocenters. The first kappa shape index (κ1) is 14.7. The third-order valence-electron chi connectivity index (χ3n) is 4.85. The van der Waals surface area contributed by atoms with Gasteiger partial charge in [0, 0.05) is 21.5 Å². The Labute approximate surface area is 144 Å². The average Bonchev–Trinajstić information content (AvgIpc) is 2.66. The Morgan fingerprint density at radius 2 is 1.50 bits per heavy atom. The zero-order valence-electron chi connectivity index (χ0n) is 13.5. The second-order valence-corrected chi connectivity index (χ2v) is 6.09. The number of benzene rings is 4. The van der Waals surface area contributed by atoms with Crippen molar-refractivity contribution in [3.05, 3.63) is 67.3 Å². The van der Waals surface area contributed by atoms with Gasteiger partial charge in [-0.15, -0.1) is 0 Å². The van der Waals surface area contributed by atoms with Crippen LogP contribution in [-0.4, -0.2) is 12.2 Å². The number of aromatic hydroxyl groups is 1. The van der Waals surface area contributed by atoms with Gasteiger partial charge in [-0.3, -0.25) is 9.59 Å². The number of phenolic OH excluding ortho intramolecular Hbond substituents is 1. The lowest BCUT2D eigenvalue weighted by atomic mass is 9.93. The van der Waals surface area contributed by atoms with Crippen LogP contribution in [0.4, 0.5) is 0 Å². The number of hydrogen-bond donors (Lipinski definition) is 1. The van der Waals surface area contributed by atoms with Crippen LogP contribution in [0.2, 0.25) is 0 Å². The molecule has 1 aromatic heterocycles. The summed E-state index contributed by atoms with van der Waals surface area (Å²) < 4.78 is 10.9. The minimum atomic E-state index is -0.828. The van der Waals surface area contributed by atoms with Crippen molar-refractivity contribution in [2.24, 2.45) is 0 Å². The number of ether oxygens (including phenoxy) is 1. The van der Waals surface area contributed by atoms with Crippen molar-refractivity contribution in [2.75, 3.05) is 7.11 Å². The molecule has 0 spiro atoms. The predicted octanol–water partition coefficient (Wildman–Crippen LogP) is 2.56. The van der Waals surface area contributed by atoms with E-state index in [1.807, 2.05) is 0 Å². The summed E-state index contributed by atoms with van der Waals surface area (Å²) >= 11 is 0. The van der Waals surface area contributed by atoms with E-state index < -0.39 is 16.5 Å². The second kappa shape index (κ2) is 4.70. The van der Waals surface area contributed by atoms with Gasteiger partial charge >= 0.3 is 5.63 Å². The van der Waals surface area contributed by atoms with Crippen LogP contribution < -0.4 is 21.2 Å². The summed E-state index contributed by atoms with van der Waals surface area (Å²) in [4.78, 5) is 37.8. The molecule has 4 aromatic carbocycles. The van der Waals surface area contributed by atoms with E-state index in [0.717, 1.165) is 0 Å². The molecule has 0 aliphatic rings. The first-order chi connectivity index (χ1) is 12.5. The standard InChI is InChI=1S/C20H10O6/c1-25-11-7-3-5-9-13(11)19-14-12-8(4-2-6-10(12)20(24)26-19)17(22)18(23)15(14)16(9)21/h2-7,21H,1H3. The lowest BCUT2D eigenvalue weighted by Crippen LogP contribution is -2.25. The van der Waals surface area contributed by atoms with Crippen LogP contribution in [0.15, 0.2) is 55.2 Å². The van der Waals surface area contributed by atoms with Gasteiger partial charge in [0.05, 0.1) is 23.3 Å². The van der Waals surface area contributed by atoms with Gasteiger partial charge in [0.25, 0.3) is 0 Å². The highest BCUT2D eigenvalue weighted by molar-refractivity contribution is 6.29. The molecular weight excluding hydrogens is 336 g/mol. The summed E-state index contributed by atoms with van der Waals surface area (Å²) in [7, 11) is 1.46. The fraction of sp³-hybridized carbons (Fsp3) is 0.0500. The normalized spacial score (nSPS) is 11.9. The lowest BCUT2D eigenvalue weighted by molar-refractivity contribution is 0.419. The SMILES string of the molecule is COc1cccc2c(O)c3c(=O)c(=O)c4cccc5c(=O)oc(c12)c3c54. The Bertz CT molecular complexity index is 1530. The summed E-state index contributed by atoms with van der Waals surface area (Å²) in [5.41, 5.74) is -2.09. The Kier molecular flexibility index (Phi) is 2.65. The van der Waals surface area contributed by atoms with Gasteiger partial charge in [0.2, 0.25) is 10.9 Å². The van der Waals surface area contributed by atoms with Gasteiger partial charge in [-0.25, -0.2) is 4.79 Å². The predicted molar refractivity (Wildman–Crippen MR) is 98.1 cm³/mol. The zero-order chi connectivity index (χ0) is 18.2. The fourth-order valence-electron chi connectivity index (χ4n) is 3.75. The topological polar surface area (TPSA) is 93.8 Å². The molecule has 5 rings (SSSR count). The van der Waals surface area contributed by atoms with Crippen LogP contribution in [0.1, 0.15) is 0 Å². The van der Waals surface area contributed by atoms with Crippen molar-refractivity contribution in [3.63, 3.8) is 0 Å². The van der Waals surface area contributed by atoms with Crippen molar-refractivity contribution < 1.29 is 14.3 Å². The third kappa shape index (κ3) is 1.54. The van der Waals surface area contributed by atoms with E-state index in [2.05, 4.69) is 0 Å². The number of hydrogen-bond acceptors (Lipinski definition) is 6. The fourth-order valence-corrected chi connectivity index (χ4v) is 3.75. The number of phenols is 1. The molecule has 6 heteroatoms. The number of fused-ring (bicyclic) bond motifs is 2. The van der Waals surface area contributed by atoms with Crippen molar-refractivity contribution in [2.45, 2.75) is 0 Å². The van der Waals surface area contributed by atoms with Crippen molar-refractivity contribution >= 4 is 43.3 Å². The molecule has 1 N–H and O–H groups in total. The monoisotopic (exact) mass is 346 g/mol. The van der Waals surface area contributed by atoms with Gasteiger partial charge in [0.15, 0.2) is 5.58 Å². The molecule has 0 saturated heterocycles. The van der Waals surface area contributed by atoms with Crippen LogP contribution >= 0.6 is 0 Å². The molecule has 126 valence electrons. The van der Waals surface area contributed by atoms with Crippen molar-refractivity contribution in [1.29, 1.82) is 0 Å². The average molecular weight is 346 g/mol. The molecule has 0 bridgehead atoms. The summed E-state index contributed by atoms with van der Waals surface area (Å²) in [6, 6.07) is 9.42. The molecule has 0 saturated carbocycles. The molecule has 0 radical (unpaired) electrons. The molecule has 6 nitrogen and oxygen atoms in total. The van der Waals surface area contributed by atoms with Crippen LogP contribution in [0.25, 0.3) is 43.3 Å².